The van der Waals surface area contributed by atoms with Gasteiger partial charge in [0.15, 0.2) is 5.78 Å². The molecule has 0 saturated carbocycles. The van der Waals surface area contributed by atoms with Crippen LogP contribution in [-0.2, 0) is 14.3 Å². The van der Waals surface area contributed by atoms with Gasteiger partial charge in [0, 0.05) is 18.5 Å². The number of piperidine rings is 1. The summed E-state index contributed by atoms with van der Waals surface area (Å²) in [5.74, 6) is -0.232. The van der Waals surface area contributed by atoms with E-state index in [4.69, 9.17) is 4.18 Å². The maximum absolute atomic E-state index is 13.0. The molecule has 0 spiro atoms. The molecule has 2 aromatic rings. The zero-order valence-electron chi connectivity index (χ0n) is 16.5. The van der Waals surface area contributed by atoms with E-state index in [9.17, 15) is 17.6 Å². The first-order chi connectivity index (χ1) is 13.9. The zero-order valence-corrected chi connectivity index (χ0v) is 17.3. The van der Waals surface area contributed by atoms with Crippen LogP contribution in [0.5, 0.6) is 0 Å². The van der Waals surface area contributed by atoms with E-state index in [-0.39, 0.29) is 22.4 Å². The lowest BCUT2D eigenvalue weighted by Gasteiger charge is -2.33. The summed E-state index contributed by atoms with van der Waals surface area (Å²) >= 11 is 0. The number of rotatable bonds is 8. The molecule has 3 rings (SSSR count). The molecule has 1 unspecified atom stereocenters. The molecule has 7 heteroatoms. The number of nitrogens with zero attached hydrogens (tertiary/aromatic N) is 1. The van der Waals surface area contributed by atoms with Crippen LogP contribution in [-0.4, -0.2) is 45.8 Å². The molecule has 156 valence electrons. The predicted octanol–water partition coefficient (Wildman–Crippen LogP) is 4.00. The van der Waals surface area contributed by atoms with Gasteiger partial charge in [0.2, 0.25) is 0 Å². The van der Waals surface area contributed by atoms with E-state index < -0.39 is 10.1 Å². The van der Waals surface area contributed by atoms with Crippen molar-refractivity contribution in [3.05, 3.63) is 65.5 Å². The van der Waals surface area contributed by atoms with Gasteiger partial charge in [-0.2, -0.15) is 8.42 Å². The number of benzene rings is 2. The van der Waals surface area contributed by atoms with Crippen LogP contribution in [0.2, 0.25) is 0 Å². The molecule has 0 bridgehead atoms. The van der Waals surface area contributed by atoms with Crippen LogP contribution in [0.4, 0.5) is 4.39 Å². The van der Waals surface area contributed by atoms with Crippen molar-refractivity contribution in [1.29, 1.82) is 0 Å². The standard InChI is InChI=1S/C22H26FNO4S/c1-28-29(26,27)22-9-3-2-7-20(22)18-6-4-14-24(16-18)15-5-8-21(25)17-10-12-19(23)13-11-17/h2-3,7,9-13,18H,4-6,8,14-16H2,1H3. The molecule has 1 heterocycles. The smallest absolute Gasteiger partial charge is 0.296 e. The third kappa shape index (κ3) is 5.50. The van der Waals surface area contributed by atoms with Gasteiger partial charge in [-0.05, 0) is 74.2 Å². The Kier molecular flexibility index (Phi) is 7.16. The van der Waals surface area contributed by atoms with Crippen molar-refractivity contribution in [3.8, 4) is 0 Å². The zero-order chi connectivity index (χ0) is 20.9. The Hall–Kier alpha value is -2.09. The Bertz CT molecular complexity index is 944. The van der Waals surface area contributed by atoms with Gasteiger partial charge < -0.3 is 4.90 Å². The van der Waals surface area contributed by atoms with E-state index in [1.165, 1.54) is 31.4 Å². The average Bonchev–Trinajstić information content (AvgIpc) is 2.74. The first-order valence-corrected chi connectivity index (χ1v) is 11.2. The number of Topliss-reactive ketones (excluding diaryl/α,β-unsaturated/α-hetero) is 1. The summed E-state index contributed by atoms with van der Waals surface area (Å²) in [4.78, 5) is 14.8. The quantitative estimate of drug-likeness (QED) is 0.478. The second-order valence-corrected chi connectivity index (χ2v) is 9.01. The summed E-state index contributed by atoms with van der Waals surface area (Å²) in [7, 11) is -2.57. The number of halogens is 1. The number of hydrogen-bond donors (Lipinski definition) is 0. The molecular weight excluding hydrogens is 393 g/mol. The Morgan fingerprint density at radius 3 is 2.62 bits per heavy atom. The van der Waals surface area contributed by atoms with E-state index in [1.807, 2.05) is 12.1 Å². The highest BCUT2D eigenvalue weighted by Crippen LogP contribution is 2.32. The minimum absolute atomic E-state index is 0.00935. The number of ketones is 1. The van der Waals surface area contributed by atoms with Crippen molar-refractivity contribution in [1.82, 2.24) is 4.90 Å². The molecule has 1 atom stereocenters. The lowest BCUT2D eigenvalue weighted by Crippen LogP contribution is -2.35. The van der Waals surface area contributed by atoms with Crippen LogP contribution in [0.15, 0.2) is 53.4 Å². The summed E-state index contributed by atoms with van der Waals surface area (Å²) in [5.41, 5.74) is 1.32. The second-order valence-electron chi connectivity index (χ2n) is 7.33. The first kappa shape index (κ1) is 21.6. The highest BCUT2D eigenvalue weighted by Gasteiger charge is 2.27. The van der Waals surface area contributed by atoms with Gasteiger partial charge in [-0.1, -0.05) is 18.2 Å². The minimum Gasteiger partial charge on any atom is -0.303 e. The fraction of sp³-hybridized carbons (Fsp3) is 0.409. The molecule has 0 aromatic heterocycles. The number of hydrogen-bond acceptors (Lipinski definition) is 5. The Balaban J connectivity index is 1.59. The van der Waals surface area contributed by atoms with E-state index in [1.54, 1.807) is 12.1 Å². The third-order valence-corrected chi connectivity index (χ3v) is 6.75. The average molecular weight is 420 g/mol. The molecule has 0 aliphatic carbocycles. The number of likely N-dealkylation sites (tertiary alicyclic amines) is 1. The van der Waals surface area contributed by atoms with Crippen LogP contribution in [0, 0.1) is 5.82 Å². The SMILES string of the molecule is COS(=O)(=O)c1ccccc1C1CCCN(CCCC(=O)c2ccc(F)cc2)C1. The summed E-state index contributed by atoms with van der Waals surface area (Å²) < 4.78 is 42.2. The first-order valence-electron chi connectivity index (χ1n) is 9.81. The van der Waals surface area contributed by atoms with Gasteiger partial charge in [0.25, 0.3) is 10.1 Å². The van der Waals surface area contributed by atoms with Gasteiger partial charge in [-0.25, -0.2) is 4.39 Å². The number of carbonyl (C=O) groups excluding carboxylic acids is 1. The van der Waals surface area contributed by atoms with Crippen molar-refractivity contribution in [2.45, 2.75) is 36.5 Å². The predicted molar refractivity (Wildman–Crippen MR) is 109 cm³/mol. The second kappa shape index (κ2) is 9.61. The Morgan fingerprint density at radius 2 is 1.90 bits per heavy atom. The van der Waals surface area contributed by atoms with Crippen molar-refractivity contribution in [2.75, 3.05) is 26.7 Å². The third-order valence-electron chi connectivity index (χ3n) is 5.40. The van der Waals surface area contributed by atoms with E-state index >= 15 is 0 Å². The molecule has 29 heavy (non-hydrogen) atoms. The van der Waals surface area contributed by atoms with Crippen molar-refractivity contribution >= 4 is 15.9 Å². The normalized spacial score (nSPS) is 17.9. The lowest BCUT2D eigenvalue weighted by atomic mass is 9.90. The summed E-state index contributed by atoms with van der Waals surface area (Å²) in [6.45, 7) is 2.45. The van der Waals surface area contributed by atoms with Gasteiger partial charge in [-0.3, -0.25) is 8.98 Å². The van der Waals surface area contributed by atoms with Gasteiger partial charge in [-0.15, -0.1) is 0 Å². The van der Waals surface area contributed by atoms with Crippen molar-refractivity contribution < 1.29 is 21.8 Å². The van der Waals surface area contributed by atoms with E-state index in [0.29, 0.717) is 18.4 Å². The van der Waals surface area contributed by atoms with Gasteiger partial charge >= 0.3 is 0 Å². The Labute approximate surface area is 171 Å². The highest BCUT2D eigenvalue weighted by atomic mass is 32.2. The molecule has 5 nitrogen and oxygen atoms in total. The molecule has 1 fully saturated rings. The Morgan fingerprint density at radius 1 is 1.17 bits per heavy atom. The summed E-state index contributed by atoms with van der Waals surface area (Å²) in [5, 5.41) is 0. The van der Waals surface area contributed by atoms with Crippen LogP contribution >= 0.6 is 0 Å². The summed E-state index contributed by atoms with van der Waals surface area (Å²) in [6, 6.07) is 12.6. The van der Waals surface area contributed by atoms with Gasteiger partial charge in [0.1, 0.15) is 5.82 Å². The fourth-order valence-electron chi connectivity index (χ4n) is 3.89. The molecular formula is C22H26FNO4S. The van der Waals surface area contributed by atoms with Gasteiger partial charge in [0.05, 0.1) is 12.0 Å². The van der Waals surface area contributed by atoms with Crippen LogP contribution < -0.4 is 0 Å². The van der Waals surface area contributed by atoms with Crippen molar-refractivity contribution in [3.63, 3.8) is 0 Å². The molecule has 1 saturated heterocycles. The highest BCUT2D eigenvalue weighted by molar-refractivity contribution is 7.86. The summed E-state index contributed by atoms with van der Waals surface area (Å²) in [6.07, 6.45) is 3.00. The molecule has 2 aromatic carbocycles. The fourth-order valence-corrected chi connectivity index (χ4v) is 4.84. The maximum Gasteiger partial charge on any atom is 0.296 e. The number of carbonyl (C=O) groups is 1. The lowest BCUT2D eigenvalue weighted by molar-refractivity contribution is 0.0971. The van der Waals surface area contributed by atoms with E-state index in [0.717, 1.165) is 38.0 Å². The van der Waals surface area contributed by atoms with Crippen molar-refractivity contribution in [2.24, 2.45) is 0 Å². The molecule has 0 radical (unpaired) electrons. The maximum atomic E-state index is 13.0. The molecule has 0 N–H and O–H groups in total. The van der Waals surface area contributed by atoms with Crippen LogP contribution in [0.1, 0.15) is 47.5 Å². The minimum atomic E-state index is -3.75. The monoisotopic (exact) mass is 419 g/mol. The largest absolute Gasteiger partial charge is 0.303 e. The topological polar surface area (TPSA) is 63.7 Å². The molecule has 1 aliphatic heterocycles. The van der Waals surface area contributed by atoms with E-state index in [2.05, 4.69) is 4.90 Å². The van der Waals surface area contributed by atoms with Crippen LogP contribution in [0.25, 0.3) is 0 Å². The van der Waals surface area contributed by atoms with Crippen LogP contribution in [0.3, 0.4) is 0 Å². The molecule has 1 aliphatic rings. The molecule has 0 amide bonds.